The summed E-state index contributed by atoms with van der Waals surface area (Å²) in [6, 6.07) is 7.88. The van der Waals surface area contributed by atoms with Crippen molar-refractivity contribution >= 4 is 46.3 Å². The van der Waals surface area contributed by atoms with Crippen LogP contribution in [0.5, 0.6) is 5.75 Å². The third-order valence-electron chi connectivity index (χ3n) is 3.23. The fourth-order valence-corrected chi connectivity index (χ4v) is 3.12. The number of hydrogen-bond acceptors (Lipinski definition) is 7. The van der Waals surface area contributed by atoms with E-state index in [0.29, 0.717) is 26.3 Å². The molecule has 1 aliphatic rings. The van der Waals surface area contributed by atoms with Gasteiger partial charge in [-0.15, -0.1) is 0 Å². The van der Waals surface area contributed by atoms with Crippen LogP contribution in [0.3, 0.4) is 0 Å². The molecule has 122 valence electrons. The fourth-order valence-electron chi connectivity index (χ4n) is 2.10. The first-order valence-corrected chi connectivity index (χ1v) is 7.97. The number of aromatic hydroxyl groups is 1. The zero-order chi connectivity index (χ0) is 17.3. The maximum absolute atomic E-state index is 11.6. The molecule has 2 N–H and O–H groups in total. The highest BCUT2D eigenvalue weighted by Crippen LogP contribution is 2.30. The minimum absolute atomic E-state index is 0.0439. The zero-order valence-electron chi connectivity index (χ0n) is 12.4. The Labute approximate surface area is 146 Å². The van der Waals surface area contributed by atoms with Gasteiger partial charge in [0.1, 0.15) is 27.2 Å². The van der Waals surface area contributed by atoms with Crippen molar-refractivity contribution < 1.29 is 23.8 Å². The van der Waals surface area contributed by atoms with Crippen molar-refractivity contribution in [1.29, 1.82) is 0 Å². The molecule has 6 nitrogen and oxygen atoms in total. The lowest BCUT2D eigenvalue weighted by Crippen LogP contribution is -2.17. The predicted molar refractivity (Wildman–Crippen MR) is 93.5 cm³/mol. The molecule has 0 radical (unpaired) electrons. The van der Waals surface area contributed by atoms with E-state index in [1.165, 1.54) is 19.2 Å². The number of ether oxygens (including phenoxy) is 1. The maximum Gasteiger partial charge on any atom is 0.341 e. The Bertz CT molecular complexity index is 884. The number of rotatable bonds is 3. The van der Waals surface area contributed by atoms with Gasteiger partial charge in [0.2, 0.25) is 0 Å². The summed E-state index contributed by atoms with van der Waals surface area (Å²) in [5, 5.41) is 12.3. The van der Waals surface area contributed by atoms with E-state index in [0.717, 1.165) is 11.8 Å². The SMILES string of the molecule is COC(=O)c1cc(-c2ccc(/C=C3\SC(=S)NC3=O)o2)ccc1O. The van der Waals surface area contributed by atoms with Gasteiger partial charge < -0.3 is 19.6 Å². The van der Waals surface area contributed by atoms with E-state index in [1.54, 1.807) is 24.3 Å². The third kappa shape index (κ3) is 3.19. The van der Waals surface area contributed by atoms with Crippen LogP contribution in [0.25, 0.3) is 17.4 Å². The fraction of sp³-hybridized carbons (Fsp3) is 0.0625. The number of carbonyl (C=O) groups excluding carboxylic acids is 2. The summed E-state index contributed by atoms with van der Waals surface area (Å²) in [6.07, 6.45) is 1.59. The number of carbonyl (C=O) groups is 2. The lowest BCUT2D eigenvalue weighted by Gasteiger charge is -2.04. The lowest BCUT2D eigenvalue weighted by molar-refractivity contribution is -0.115. The number of nitrogens with one attached hydrogen (secondary N) is 1. The normalized spacial score (nSPS) is 15.6. The molecule has 1 amide bonds. The van der Waals surface area contributed by atoms with Crippen LogP contribution in [0.2, 0.25) is 0 Å². The highest BCUT2D eigenvalue weighted by atomic mass is 32.2. The van der Waals surface area contributed by atoms with Gasteiger partial charge in [-0.3, -0.25) is 4.79 Å². The van der Waals surface area contributed by atoms with Crippen LogP contribution in [-0.2, 0) is 9.53 Å². The van der Waals surface area contributed by atoms with Crippen LogP contribution in [0.1, 0.15) is 16.1 Å². The first-order chi connectivity index (χ1) is 11.5. The van der Waals surface area contributed by atoms with Crippen molar-refractivity contribution in [2.24, 2.45) is 0 Å². The first kappa shape index (κ1) is 16.3. The van der Waals surface area contributed by atoms with Crippen molar-refractivity contribution in [3.63, 3.8) is 0 Å². The molecule has 0 unspecified atom stereocenters. The number of benzene rings is 1. The second kappa shape index (κ2) is 6.50. The van der Waals surface area contributed by atoms with Gasteiger partial charge in [0.05, 0.1) is 12.0 Å². The summed E-state index contributed by atoms with van der Waals surface area (Å²) in [4.78, 5) is 23.7. The monoisotopic (exact) mass is 361 g/mol. The summed E-state index contributed by atoms with van der Waals surface area (Å²) in [6.45, 7) is 0. The van der Waals surface area contributed by atoms with Crippen molar-refractivity contribution in [1.82, 2.24) is 5.32 Å². The number of furan rings is 1. The van der Waals surface area contributed by atoms with E-state index in [-0.39, 0.29) is 17.2 Å². The molecule has 1 saturated heterocycles. The number of phenols is 1. The third-order valence-corrected chi connectivity index (χ3v) is 4.39. The highest BCUT2D eigenvalue weighted by Gasteiger charge is 2.22. The van der Waals surface area contributed by atoms with Gasteiger partial charge in [-0.2, -0.15) is 0 Å². The molecular formula is C16H11NO5S2. The van der Waals surface area contributed by atoms with Crippen LogP contribution in [0, 0.1) is 0 Å². The maximum atomic E-state index is 11.6. The average molecular weight is 361 g/mol. The topological polar surface area (TPSA) is 88.8 Å². The molecule has 1 aromatic carbocycles. The number of hydrogen-bond donors (Lipinski definition) is 2. The molecule has 1 aliphatic heterocycles. The number of amides is 1. The highest BCUT2D eigenvalue weighted by molar-refractivity contribution is 8.26. The summed E-state index contributed by atoms with van der Waals surface area (Å²) < 4.78 is 10.7. The largest absolute Gasteiger partial charge is 0.507 e. The standard InChI is InChI=1S/C16H11NO5S2/c1-21-15(20)10-6-8(2-4-11(10)18)12-5-3-9(22-12)7-13-14(19)17-16(23)24-13/h2-7,18H,1H3,(H,17,19,23)/b13-7-. The van der Waals surface area contributed by atoms with Gasteiger partial charge in [0.25, 0.3) is 5.91 Å². The van der Waals surface area contributed by atoms with Gasteiger partial charge >= 0.3 is 5.97 Å². The van der Waals surface area contributed by atoms with Crippen LogP contribution in [0.4, 0.5) is 0 Å². The van der Waals surface area contributed by atoms with E-state index in [4.69, 9.17) is 16.6 Å². The molecule has 1 aromatic heterocycles. The van der Waals surface area contributed by atoms with Gasteiger partial charge in [0, 0.05) is 11.6 Å². The molecule has 3 rings (SSSR count). The van der Waals surface area contributed by atoms with E-state index >= 15 is 0 Å². The molecule has 2 aromatic rings. The van der Waals surface area contributed by atoms with E-state index in [1.807, 2.05) is 0 Å². The second-order valence-electron chi connectivity index (χ2n) is 4.78. The molecule has 0 saturated carbocycles. The van der Waals surface area contributed by atoms with Gasteiger partial charge in [0.15, 0.2) is 0 Å². The molecule has 1 fully saturated rings. The van der Waals surface area contributed by atoms with E-state index in [2.05, 4.69) is 10.1 Å². The Morgan fingerprint density at radius 1 is 1.38 bits per heavy atom. The smallest absolute Gasteiger partial charge is 0.341 e. The number of esters is 1. The Morgan fingerprint density at radius 2 is 2.17 bits per heavy atom. The van der Waals surface area contributed by atoms with E-state index < -0.39 is 5.97 Å². The van der Waals surface area contributed by atoms with Gasteiger partial charge in [-0.25, -0.2) is 4.79 Å². The summed E-state index contributed by atoms with van der Waals surface area (Å²) >= 11 is 6.09. The summed E-state index contributed by atoms with van der Waals surface area (Å²) in [5.74, 6) is -0.124. The molecular weight excluding hydrogens is 350 g/mol. The van der Waals surface area contributed by atoms with Gasteiger partial charge in [-0.1, -0.05) is 24.0 Å². The molecule has 0 bridgehead atoms. The number of thiocarbonyl (C=S) groups is 1. The number of thioether (sulfide) groups is 1. The van der Waals surface area contributed by atoms with Crippen LogP contribution in [-0.4, -0.2) is 28.4 Å². The summed E-state index contributed by atoms with van der Waals surface area (Å²) in [5.41, 5.74) is 0.638. The molecule has 0 atom stereocenters. The molecule has 8 heteroatoms. The van der Waals surface area contributed by atoms with Crippen LogP contribution in [0.15, 0.2) is 39.7 Å². The van der Waals surface area contributed by atoms with Crippen LogP contribution >= 0.6 is 24.0 Å². The van der Waals surface area contributed by atoms with Crippen LogP contribution < -0.4 is 5.32 Å². The average Bonchev–Trinajstić information content (AvgIpc) is 3.14. The quantitative estimate of drug-likeness (QED) is 0.494. The minimum Gasteiger partial charge on any atom is -0.507 e. The number of methoxy groups -OCH3 is 1. The predicted octanol–water partition coefficient (Wildman–Crippen LogP) is 2.93. The van der Waals surface area contributed by atoms with Crippen molar-refractivity contribution in [3.05, 3.63) is 46.6 Å². The van der Waals surface area contributed by atoms with Crippen molar-refractivity contribution in [2.45, 2.75) is 0 Å². The summed E-state index contributed by atoms with van der Waals surface area (Å²) in [7, 11) is 1.24. The van der Waals surface area contributed by atoms with Crippen molar-refractivity contribution in [3.8, 4) is 17.1 Å². The molecule has 2 heterocycles. The van der Waals surface area contributed by atoms with E-state index in [9.17, 15) is 14.7 Å². The molecule has 0 aliphatic carbocycles. The Hall–Kier alpha value is -2.58. The molecule has 24 heavy (non-hydrogen) atoms. The lowest BCUT2D eigenvalue weighted by atomic mass is 10.1. The minimum atomic E-state index is -0.643. The van der Waals surface area contributed by atoms with Crippen molar-refractivity contribution in [2.75, 3.05) is 7.11 Å². The zero-order valence-corrected chi connectivity index (χ0v) is 14.0. The Morgan fingerprint density at radius 3 is 2.83 bits per heavy atom. The molecule has 0 spiro atoms. The first-order valence-electron chi connectivity index (χ1n) is 6.74. The van der Waals surface area contributed by atoms with Gasteiger partial charge in [-0.05, 0) is 30.3 Å². The second-order valence-corrected chi connectivity index (χ2v) is 6.50. The Kier molecular flexibility index (Phi) is 4.41. The Balaban J connectivity index is 1.91. The number of phenolic OH excluding ortho intramolecular Hbond substituents is 1.